The minimum absolute atomic E-state index is 1.11. The van der Waals surface area contributed by atoms with E-state index in [4.69, 9.17) is 0 Å². The van der Waals surface area contributed by atoms with E-state index < -0.39 is 0 Å². The molecule has 52 heavy (non-hydrogen) atoms. The van der Waals surface area contributed by atoms with Gasteiger partial charge in [0.1, 0.15) is 0 Å². The molecule has 9 aromatic carbocycles. The molecule has 0 N–H and O–H groups in total. The minimum atomic E-state index is 1.11. The van der Waals surface area contributed by atoms with Gasteiger partial charge in [-0.25, -0.2) is 0 Å². The van der Waals surface area contributed by atoms with Crippen molar-refractivity contribution >= 4 is 70.1 Å². The largest absolute Gasteiger partial charge is 0.310 e. The van der Waals surface area contributed by atoms with Crippen LogP contribution in [0.4, 0.5) is 17.1 Å². The molecule has 0 spiro atoms. The summed E-state index contributed by atoms with van der Waals surface area (Å²) in [5.74, 6) is 0. The monoisotopic (exact) mass is 679 g/mol. The molecule has 10 rings (SSSR count). The van der Waals surface area contributed by atoms with Crippen molar-refractivity contribution in [3.05, 3.63) is 200 Å². The van der Waals surface area contributed by atoms with Crippen molar-refractivity contribution < 1.29 is 0 Å². The standard InChI is InChI=1S/C50H33NS/c1-3-11-38-31-41(21-19-34(38)9-1)36-23-27-43(28-24-36)51(45-14-7-13-40(33-45)42-22-20-35-10-2-4-12-39(35)32-42)44-29-25-37(26-30-44)46-16-8-17-48-47-15-5-6-18-49(47)52-50(46)48/h1-33H. The maximum Gasteiger partial charge on any atom is 0.0467 e. The van der Waals surface area contributed by atoms with Gasteiger partial charge >= 0.3 is 0 Å². The summed E-state index contributed by atoms with van der Waals surface area (Å²) in [4.78, 5) is 2.37. The topological polar surface area (TPSA) is 3.24 Å². The van der Waals surface area contributed by atoms with E-state index in [0.29, 0.717) is 0 Å². The van der Waals surface area contributed by atoms with Crippen LogP contribution in [0.3, 0.4) is 0 Å². The van der Waals surface area contributed by atoms with Crippen LogP contribution in [0.5, 0.6) is 0 Å². The van der Waals surface area contributed by atoms with E-state index in [1.807, 2.05) is 11.3 Å². The van der Waals surface area contributed by atoms with Crippen molar-refractivity contribution in [1.82, 2.24) is 0 Å². The van der Waals surface area contributed by atoms with Crippen LogP contribution < -0.4 is 4.90 Å². The molecule has 0 unspecified atom stereocenters. The Kier molecular flexibility index (Phi) is 7.41. The van der Waals surface area contributed by atoms with Crippen molar-refractivity contribution in [2.75, 3.05) is 4.90 Å². The maximum atomic E-state index is 2.37. The number of benzene rings is 9. The van der Waals surface area contributed by atoms with E-state index in [1.165, 1.54) is 75.1 Å². The predicted octanol–water partition coefficient (Wildman–Crippen LogP) is 14.8. The number of thiophene rings is 1. The highest BCUT2D eigenvalue weighted by atomic mass is 32.1. The van der Waals surface area contributed by atoms with E-state index in [0.717, 1.165) is 17.1 Å². The van der Waals surface area contributed by atoms with E-state index in [1.54, 1.807) is 0 Å². The lowest BCUT2D eigenvalue weighted by atomic mass is 9.99. The Balaban J connectivity index is 1.07. The Hall–Kier alpha value is -6.48. The first-order valence-electron chi connectivity index (χ1n) is 17.7. The quantitative estimate of drug-likeness (QED) is 0.169. The zero-order valence-corrected chi connectivity index (χ0v) is 29.2. The molecule has 1 aromatic heterocycles. The van der Waals surface area contributed by atoms with Crippen LogP contribution in [0.15, 0.2) is 200 Å². The van der Waals surface area contributed by atoms with Crippen LogP contribution >= 0.6 is 11.3 Å². The van der Waals surface area contributed by atoms with Crippen molar-refractivity contribution in [2.24, 2.45) is 0 Å². The molecule has 2 heteroatoms. The molecule has 0 amide bonds. The van der Waals surface area contributed by atoms with Gasteiger partial charge < -0.3 is 4.90 Å². The van der Waals surface area contributed by atoms with Gasteiger partial charge in [-0.3, -0.25) is 0 Å². The van der Waals surface area contributed by atoms with Crippen LogP contribution in [0.1, 0.15) is 0 Å². The maximum absolute atomic E-state index is 2.37. The zero-order chi connectivity index (χ0) is 34.4. The van der Waals surface area contributed by atoms with Crippen LogP contribution in [0.25, 0.3) is 75.1 Å². The second kappa shape index (κ2) is 12.7. The highest BCUT2D eigenvalue weighted by molar-refractivity contribution is 7.26. The summed E-state index contributed by atoms with van der Waals surface area (Å²) >= 11 is 1.88. The number of hydrogen-bond donors (Lipinski definition) is 0. The fraction of sp³-hybridized carbons (Fsp3) is 0. The molecule has 0 aliphatic rings. The van der Waals surface area contributed by atoms with Crippen molar-refractivity contribution in [2.45, 2.75) is 0 Å². The number of rotatable bonds is 6. The smallest absolute Gasteiger partial charge is 0.0467 e. The van der Waals surface area contributed by atoms with Gasteiger partial charge in [-0.1, -0.05) is 146 Å². The predicted molar refractivity (Wildman–Crippen MR) is 225 cm³/mol. The Morgan fingerprint density at radius 3 is 1.52 bits per heavy atom. The fourth-order valence-corrected chi connectivity index (χ4v) is 8.82. The highest BCUT2D eigenvalue weighted by Gasteiger charge is 2.16. The summed E-state index contributed by atoms with van der Waals surface area (Å²) in [6.45, 7) is 0. The number of hydrogen-bond acceptors (Lipinski definition) is 2. The zero-order valence-electron chi connectivity index (χ0n) is 28.4. The Labute approximate surface area is 307 Å². The molecule has 0 bridgehead atoms. The van der Waals surface area contributed by atoms with Gasteiger partial charge in [0.15, 0.2) is 0 Å². The van der Waals surface area contributed by atoms with Crippen molar-refractivity contribution in [3.8, 4) is 33.4 Å². The average molecular weight is 680 g/mol. The summed E-state index contributed by atoms with van der Waals surface area (Å²) in [5.41, 5.74) is 10.6. The molecule has 0 aliphatic carbocycles. The van der Waals surface area contributed by atoms with Crippen LogP contribution in [0.2, 0.25) is 0 Å². The first kappa shape index (κ1) is 30.4. The van der Waals surface area contributed by atoms with Crippen LogP contribution in [-0.2, 0) is 0 Å². The fourth-order valence-electron chi connectivity index (χ4n) is 7.58. The number of anilines is 3. The summed E-state index contributed by atoms with van der Waals surface area (Å²) in [7, 11) is 0. The molecular weight excluding hydrogens is 647 g/mol. The lowest BCUT2D eigenvalue weighted by Gasteiger charge is -2.26. The third-order valence-corrected chi connectivity index (χ3v) is 11.5. The molecule has 0 fully saturated rings. The lowest BCUT2D eigenvalue weighted by Crippen LogP contribution is -2.10. The number of fused-ring (bicyclic) bond motifs is 5. The van der Waals surface area contributed by atoms with E-state index >= 15 is 0 Å². The molecule has 244 valence electrons. The van der Waals surface area contributed by atoms with E-state index in [-0.39, 0.29) is 0 Å². The van der Waals surface area contributed by atoms with Crippen molar-refractivity contribution in [1.29, 1.82) is 0 Å². The third kappa shape index (κ3) is 5.42. The van der Waals surface area contributed by atoms with Crippen molar-refractivity contribution in [3.63, 3.8) is 0 Å². The molecule has 0 saturated heterocycles. The molecule has 10 aromatic rings. The summed E-state index contributed by atoms with van der Waals surface area (Å²) < 4.78 is 2.66. The molecule has 0 aliphatic heterocycles. The molecule has 0 atom stereocenters. The summed E-state index contributed by atoms with van der Waals surface area (Å²) in [6, 6.07) is 73.0. The van der Waals surface area contributed by atoms with E-state index in [2.05, 4.69) is 205 Å². The Morgan fingerprint density at radius 2 is 0.827 bits per heavy atom. The summed E-state index contributed by atoms with van der Waals surface area (Å²) in [6.07, 6.45) is 0. The average Bonchev–Trinajstić information content (AvgIpc) is 3.60. The third-order valence-electron chi connectivity index (χ3n) is 10.2. The lowest BCUT2D eigenvalue weighted by molar-refractivity contribution is 1.28. The summed E-state index contributed by atoms with van der Waals surface area (Å²) in [5, 5.41) is 7.65. The normalized spacial score (nSPS) is 11.5. The first-order valence-corrected chi connectivity index (χ1v) is 18.6. The van der Waals surface area contributed by atoms with Gasteiger partial charge in [-0.05, 0) is 110 Å². The first-order chi connectivity index (χ1) is 25.7. The van der Waals surface area contributed by atoms with E-state index in [9.17, 15) is 0 Å². The van der Waals surface area contributed by atoms with Gasteiger partial charge in [-0.2, -0.15) is 0 Å². The second-order valence-corrected chi connectivity index (χ2v) is 14.4. The van der Waals surface area contributed by atoms with Gasteiger partial charge in [0.25, 0.3) is 0 Å². The molecule has 0 saturated carbocycles. The SMILES string of the molecule is c1cc(-c2ccc3ccccc3c2)cc(N(c2ccc(-c3ccc4ccccc4c3)cc2)c2ccc(-c3cccc4c3sc3ccccc34)cc2)c1. The highest BCUT2D eigenvalue weighted by Crippen LogP contribution is 2.42. The second-order valence-electron chi connectivity index (χ2n) is 13.4. The molecule has 1 heterocycles. The van der Waals surface area contributed by atoms with Gasteiger partial charge in [0, 0.05) is 37.2 Å². The van der Waals surface area contributed by atoms with Gasteiger partial charge in [0.05, 0.1) is 0 Å². The Morgan fingerprint density at radius 1 is 0.308 bits per heavy atom. The molecule has 0 radical (unpaired) electrons. The number of nitrogens with zero attached hydrogens (tertiary/aromatic N) is 1. The van der Waals surface area contributed by atoms with Gasteiger partial charge in [-0.15, -0.1) is 11.3 Å². The van der Waals surface area contributed by atoms with Crippen LogP contribution in [-0.4, -0.2) is 0 Å². The molecular formula is C50H33NS. The van der Waals surface area contributed by atoms with Crippen LogP contribution in [0, 0.1) is 0 Å². The Bertz CT molecular complexity index is 2900. The van der Waals surface area contributed by atoms with Gasteiger partial charge in [0.2, 0.25) is 0 Å². The molecule has 1 nitrogen and oxygen atoms in total. The minimum Gasteiger partial charge on any atom is -0.310 e.